The molecular formula is C17H24FNO. The summed E-state index contributed by atoms with van der Waals surface area (Å²) in [6.45, 7) is 4.70. The zero-order valence-corrected chi connectivity index (χ0v) is 12.2. The highest BCUT2D eigenvalue weighted by Crippen LogP contribution is 2.53. The number of piperidine rings is 1. The number of halogens is 1. The van der Waals surface area contributed by atoms with E-state index in [0.717, 1.165) is 31.5 Å². The van der Waals surface area contributed by atoms with Gasteiger partial charge in [0.25, 0.3) is 0 Å². The third-order valence-corrected chi connectivity index (χ3v) is 5.46. The van der Waals surface area contributed by atoms with Crippen LogP contribution >= 0.6 is 0 Å². The van der Waals surface area contributed by atoms with E-state index >= 15 is 0 Å². The first-order valence-corrected chi connectivity index (χ1v) is 7.76. The minimum absolute atomic E-state index is 0.144. The van der Waals surface area contributed by atoms with Gasteiger partial charge in [0.05, 0.1) is 0 Å². The third kappa shape index (κ3) is 2.27. The number of aliphatic hydroxyl groups is 1. The number of fused-ring (bicyclic) bond motifs is 1. The molecule has 2 atom stereocenters. The van der Waals surface area contributed by atoms with Crippen LogP contribution in [0.15, 0.2) is 18.2 Å². The SMILES string of the molecule is CC1(C2CCNCC2)CC(CCO)c2cc(F)ccc21. The Bertz CT molecular complexity index is 484. The van der Waals surface area contributed by atoms with Gasteiger partial charge in [0.2, 0.25) is 0 Å². The Morgan fingerprint density at radius 1 is 1.35 bits per heavy atom. The maximum atomic E-state index is 13.6. The summed E-state index contributed by atoms with van der Waals surface area (Å²) in [7, 11) is 0. The van der Waals surface area contributed by atoms with Gasteiger partial charge < -0.3 is 10.4 Å². The second-order valence-corrected chi connectivity index (χ2v) is 6.59. The van der Waals surface area contributed by atoms with Gasteiger partial charge >= 0.3 is 0 Å². The molecule has 3 heteroatoms. The highest BCUT2D eigenvalue weighted by Gasteiger charge is 2.45. The average Bonchev–Trinajstić information content (AvgIpc) is 2.74. The molecule has 1 aromatic rings. The highest BCUT2D eigenvalue weighted by molar-refractivity contribution is 5.43. The van der Waals surface area contributed by atoms with Crippen LogP contribution in [0.3, 0.4) is 0 Å². The molecule has 2 N–H and O–H groups in total. The lowest BCUT2D eigenvalue weighted by Crippen LogP contribution is -2.38. The smallest absolute Gasteiger partial charge is 0.123 e. The van der Waals surface area contributed by atoms with Crippen LogP contribution in [0.4, 0.5) is 4.39 Å². The number of hydrogen-bond donors (Lipinski definition) is 2. The fraction of sp³-hybridized carbons (Fsp3) is 0.647. The summed E-state index contributed by atoms with van der Waals surface area (Å²) >= 11 is 0. The Balaban J connectivity index is 1.97. The Kier molecular flexibility index (Phi) is 3.83. The van der Waals surface area contributed by atoms with Gasteiger partial charge in [-0.1, -0.05) is 13.0 Å². The zero-order valence-electron chi connectivity index (χ0n) is 12.2. The van der Waals surface area contributed by atoms with Crippen molar-refractivity contribution in [3.63, 3.8) is 0 Å². The maximum absolute atomic E-state index is 13.6. The third-order valence-electron chi connectivity index (χ3n) is 5.46. The number of rotatable bonds is 3. The lowest BCUT2D eigenvalue weighted by molar-refractivity contribution is 0.209. The van der Waals surface area contributed by atoms with Gasteiger partial charge in [0.1, 0.15) is 5.82 Å². The van der Waals surface area contributed by atoms with Crippen molar-refractivity contribution in [3.8, 4) is 0 Å². The average molecular weight is 277 g/mol. The maximum Gasteiger partial charge on any atom is 0.123 e. The summed E-state index contributed by atoms with van der Waals surface area (Å²) < 4.78 is 13.6. The fourth-order valence-corrected chi connectivity index (χ4v) is 4.38. The molecule has 2 aliphatic rings. The molecule has 1 heterocycles. The van der Waals surface area contributed by atoms with E-state index in [1.807, 2.05) is 6.07 Å². The quantitative estimate of drug-likeness (QED) is 0.890. The molecule has 0 saturated carbocycles. The Morgan fingerprint density at radius 3 is 2.80 bits per heavy atom. The van der Waals surface area contributed by atoms with Crippen LogP contribution < -0.4 is 5.32 Å². The molecule has 3 rings (SSSR count). The summed E-state index contributed by atoms with van der Waals surface area (Å²) in [5.41, 5.74) is 2.61. The molecule has 20 heavy (non-hydrogen) atoms. The van der Waals surface area contributed by atoms with Crippen molar-refractivity contribution < 1.29 is 9.50 Å². The largest absolute Gasteiger partial charge is 0.396 e. The van der Waals surface area contributed by atoms with Crippen molar-refractivity contribution in [2.45, 2.75) is 43.9 Å². The van der Waals surface area contributed by atoms with E-state index in [4.69, 9.17) is 0 Å². The molecule has 0 aromatic heterocycles. The highest BCUT2D eigenvalue weighted by atomic mass is 19.1. The second kappa shape index (κ2) is 5.45. The molecule has 2 nitrogen and oxygen atoms in total. The van der Waals surface area contributed by atoms with Crippen LogP contribution in [0, 0.1) is 11.7 Å². The van der Waals surface area contributed by atoms with Crippen LogP contribution in [0.1, 0.15) is 49.7 Å². The zero-order chi connectivity index (χ0) is 14.2. The van der Waals surface area contributed by atoms with Crippen molar-refractivity contribution in [2.75, 3.05) is 19.7 Å². The van der Waals surface area contributed by atoms with Crippen molar-refractivity contribution in [1.82, 2.24) is 5.32 Å². The first-order valence-electron chi connectivity index (χ1n) is 7.76. The van der Waals surface area contributed by atoms with E-state index in [9.17, 15) is 9.50 Å². The fourth-order valence-electron chi connectivity index (χ4n) is 4.38. The molecule has 0 amide bonds. The van der Waals surface area contributed by atoms with Crippen molar-refractivity contribution in [3.05, 3.63) is 35.1 Å². The number of aliphatic hydroxyl groups excluding tert-OH is 1. The number of nitrogens with one attached hydrogen (secondary N) is 1. The van der Waals surface area contributed by atoms with Crippen LogP contribution in [-0.2, 0) is 5.41 Å². The van der Waals surface area contributed by atoms with Gasteiger partial charge in [-0.3, -0.25) is 0 Å². The predicted octanol–water partition coefficient (Wildman–Crippen LogP) is 2.95. The minimum Gasteiger partial charge on any atom is -0.396 e. The monoisotopic (exact) mass is 277 g/mol. The van der Waals surface area contributed by atoms with Crippen molar-refractivity contribution >= 4 is 0 Å². The normalized spacial score (nSPS) is 30.4. The molecule has 1 saturated heterocycles. The molecule has 0 spiro atoms. The van der Waals surface area contributed by atoms with Gasteiger partial charge in [-0.25, -0.2) is 4.39 Å². The molecule has 0 bridgehead atoms. The Hall–Kier alpha value is -0.930. The molecule has 1 aliphatic carbocycles. The van der Waals surface area contributed by atoms with Gasteiger partial charge in [-0.15, -0.1) is 0 Å². The Labute approximate surface area is 120 Å². The van der Waals surface area contributed by atoms with Crippen LogP contribution in [0.25, 0.3) is 0 Å². The van der Waals surface area contributed by atoms with E-state index in [-0.39, 0.29) is 17.8 Å². The van der Waals surface area contributed by atoms with E-state index in [1.165, 1.54) is 18.4 Å². The van der Waals surface area contributed by atoms with Crippen LogP contribution in [0.2, 0.25) is 0 Å². The molecular weight excluding hydrogens is 253 g/mol. The van der Waals surface area contributed by atoms with Crippen LogP contribution in [-0.4, -0.2) is 24.8 Å². The van der Waals surface area contributed by atoms with E-state index in [1.54, 1.807) is 12.1 Å². The van der Waals surface area contributed by atoms with E-state index in [0.29, 0.717) is 11.8 Å². The summed E-state index contributed by atoms with van der Waals surface area (Å²) in [5, 5.41) is 12.7. The van der Waals surface area contributed by atoms with Crippen LogP contribution in [0.5, 0.6) is 0 Å². The van der Waals surface area contributed by atoms with Gasteiger partial charge in [-0.2, -0.15) is 0 Å². The molecule has 0 radical (unpaired) electrons. The van der Waals surface area contributed by atoms with Gasteiger partial charge in [-0.05, 0) is 79.3 Å². The number of benzene rings is 1. The lowest BCUT2D eigenvalue weighted by Gasteiger charge is -2.38. The standard InChI is InChI=1S/C17H24FNO/c1-17(13-4-7-19-8-5-13)11-12(6-9-20)15-10-14(18)2-3-16(15)17/h2-3,10,12-13,19-20H,4-9,11H2,1H3. The number of hydrogen-bond acceptors (Lipinski definition) is 2. The minimum atomic E-state index is -0.152. The topological polar surface area (TPSA) is 32.3 Å². The molecule has 1 aliphatic heterocycles. The van der Waals surface area contributed by atoms with E-state index < -0.39 is 0 Å². The molecule has 2 unspecified atom stereocenters. The first-order chi connectivity index (χ1) is 9.65. The van der Waals surface area contributed by atoms with Gasteiger partial charge in [0, 0.05) is 6.61 Å². The lowest BCUT2D eigenvalue weighted by atomic mass is 9.68. The summed E-state index contributed by atoms with van der Waals surface area (Å²) in [6.07, 6.45) is 4.19. The molecule has 1 fully saturated rings. The predicted molar refractivity (Wildman–Crippen MR) is 78.4 cm³/mol. The van der Waals surface area contributed by atoms with Crippen molar-refractivity contribution in [2.24, 2.45) is 5.92 Å². The first kappa shape index (κ1) is 14.0. The molecule has 1 aromatic carbocycles. The van der Waals surface area contributed by atoms with Gasteiger partial charge in [0.15, 0.2) is 0 Å². The second-order valence-electron chi connectivity index (χ2n) is 6.59. The Morgan fingerprint density at radius 2 is 2.10 bits per heavy atom. The van der Waals surface area contributed by atoms with Crippen molar-refractivity contribution in [1.29, 1.82) is 0 Å². The van der Waals surface area contributed by atoms with E-state index in [2.05, 4.69) is 12.2 Å². The summed E-state index contributed by atoms with van der Waals surface area (Å²) in [5.74, 6) is 0.823. The molecule has 110 valence electrons. The summed E-state index contributed by atoms with van der Waals surface area (Å²) in [4.78, 5) is 0. The summed E-state index contributed by atoms with van der Waals surface area (Å²) in [6, 6.07) is 5.28.